The standard InChI is InChI=1S/C19H25N5O2/c1-4-23(5-2)17(18-8-7-11-26-18)13-20-19(25)14-9-10-16-15(12-14)21-22-24(16)6-3/h7-12,17H,4-6,13H2,1-3H3,(H,20,25)/t17-/m1/s1. The Labute approximate surface area is 153 Å². The van der Waals surface area contributed by atoms with E-state index in [2.05, 4.69) is 34.4 Å². The third-order valence-electron chi connectivity index (χ3n) is 4.66. The molecule has 2 heterocycles. The van der Waals surface area contributed by atoms with Crippen LogP contribution in [0.5, 0.6) is 0 Å². The summed E-state index contributed by atoms with van der Waals surface area (Å²) in [5.41, 5.74) is 2.24. The highest BCUT2D eigenvalue weighted by atomic mass is 16.3. The number of benzene rings is 1. The Morgan fingerprint density at radius 1 is 1.27 bits per heavy atom. The number of nitrogens with zero attached hydrogens (tertiary/aromatic N) is 4. The second-order valence-corrected chi connectivity index (χ2v) is 6.07. The molecule has 1 N–H and O–H groups in total. The van der Waals surface area contributed by atoms with Crippen LogP contribution < -0.4 is 5.32 Å². The van der Waals surface area contributed by atoms with Crippen LogP contribution in [0.15, 0.2) is 41.0 Å². The molecular weight excluding hydrogens is 330 g/mol. The molecule has 3 rings (SSSR count). The molecule has 1 amide bonds. The molecule has 0 radical (unpaired) electrons. The van der Waals surface area contributed by atoms with Gasteiger partial charge in [0.1, 0.15) is 11.3 Å². The molecule has 0 saturated heterocycles. The van der Waals surface area contributed by atoms with Crippen LogP contribution in [0.3, 0.4) is 0 Å². The van der Waals surface area contributed by atoms with E-state index in [9.17, 15) is 4.79 Å². The molecule has 0 aliphatic heterocycles. The number of aromatic nitrogens is 3. The zero-order chi connectivity index (χ0) is 18.5. The topological polar surface area (TPSA) is 76.2 Å². The van der Waals surface area contributed by atoms with Gasteiger partial charge in [0.05, 0.1) is 17.8 Å². The summed E-state index contributed by atoms with van der Waals surface area (Å²) in [4.78, 5) is 14.9. The summed E-state index contributed by atoms with van der Waals surface area (Å²) < 4.78 is 7.39. The molecule has 0 bridgehead atoms. The number of furan rings is 1. The summed E-state index contributed by atoms with van der Waals surface area (Å²) in [6, 6.07) is 9.31. The Balaban J connectivity index is 1.74. The van der Waals surface area contributed by atoms with Gasteiger partial charge in [-0.05, 0) is 50.3 Å². The Morgan fingerprint density at radius 3 is 2.73 bits per heavy atom. The van der Waals surface area contributed by atoms with Gasteiger partial charge in [-0.25, -0.2) is 4.68 Å². The van der Waals surface area contributed by atoms with Crippen LogP contribution in [0.25, 0.3) is 11.0 Å². The van der Waals surface area contributed by atoms with E-state index in [-0.39, 0.29) is 11.9 Å². The maximum atomic E-state index is 12.6. The highest BCUT2D eigenvalue weighted by Crippen LogP contribution is 2.20. The second-order valence-electron chi connectivity index (χ2n) is 6.07. The molecule has 0 unspecified atom stereocenters. The number of aryl methyl sites for hydroxylation is 1. The van der Waals surface area contributed by atoms with E-state index in [1.54, 1.807) is 12.3 Å². The lowest BCUT2D eigenvalue weighted by atomic mass is 10.1. The molecule has 138 valence electrons. The number of carbonyl (C=O) groups is 1. The molecule has 0 fully saturated rings. The number of hydrogen-bond acceptors (Lipinski definition) is 5. The van der Waals surface area contributed by atoms with E-state index in [0.717, 1.165) is 36.4 Å². The number of nitrogens with one attached hydrogen (secondary N) is 1. The van der Waals surface area contributed by atoms with Crippen molar-refractivity contribution in [1.29, 1.82) is 0 Å². The zero-order valence-electron chi connectivity index (χ0n) is 15.5. The largest absolute Gasteiger partial charge is 0.468 e. The summed E-state index contributed by atoms with van der Waals surface area (Å²) >= 11 is 0. The summed E-state index contributed by atoms with van der Waals surface area (Å²) in [6.07, 6.45) is 1.67. The first kappa shape index (κ1) is 18.1. The molecule has 0 spiro atoms. The van der Waals surface area contributed by atoms with Crippen molar-refractivity contribution >= 4 is 16.9 Å². The number of fused-ring (bicyclic) bond motifs is 1. The Bertz CT molecular complexity index is 852. The minimum atomic E-state index is -0.123. The average molecular weight is 355 g/mol. The summed E-state index contributed by atoms with van der Waals surface area (Å²) in [5.74, 6) is 0.733. The summed E-state index contributed by atoms with van der Waals surface area (Å²) in [7, 11) is 0. The van der Waals surface area contributed by atoms with Crippen LogP contribution in [0.4, 0.5) is 0 Å². The molecule has 1 aromatic carbocycles. The van der Waals surface area contributed by atoms with Gasteiger partial charge in [0.2, 0.25) is 0 Å². The highest BCUT2D eigenvalue weighted by molar-refractivity contribution is 5.97. The van der Waals surface area contributed by atoms with Gasteiger partial charge in [-0.1, -0.05) is 19.1 Å². The molecule has 2 aromatic heterocycles. The molecule has 1 atom stereocenters. The van der Waals surface area contributed by atoms with Crippen molar-refractivity contribution in [3.8, 4) is 0 Å². The zero-order valence-corrected chi connectivity index (χ0v) is 15.5. The first-order chi connectivity index (χ1) is 12.7. The van der Waals surface area contributed by atoms with Crippen molar-refractivity contribution in [3.63, 3.8) is 0 Å². The van der Waals surface area contributed by atoms with E-state index in [4.69, 9.17) is 4.42 Å². The van der Waals surface area contributed by atoms with E-state index >= 15 is 0 Å². The van der Waals surface area contributed by atoms with Gasteiger partial charge < -0.3 is 9.73 Å². The van der Waals surface area contributed by atoms with Crippen molar-refractivity contribution < 1.29 is 9.21 Å². The van der Waals surface area contributed by atoms with Gasteiger partial charge in [0.15, 0.2) is 0 Å². The Hall–Kier alpha value is -2.67. The summed E-state index contributed by atoms with van der Waals surface area (Å²) in [5, 5.41) is 11.2. The third kappa shape index (κ3) is 3.62. The van der Waals surface area contributed by atoms with Crippen molar-refractivity contribution in [1.82, 2.24) is 25.2 Å². The van der Waals surface area contributed by atoms with Crippen molar-refractivity contribution in [2.75, 3.05) is 19.6 Å². The normalized spacial score (nSPS) is 12.6. The molecule has 0 aliphatic carbocycles. The lowest BCUT2D eigenvalue weighted by Gasteiger charge is -2.28. The number of amides is 1. The lowest BCUT2D eigenvalue weighted by Crippen LogP contribution is -2.37. The van der Waals surface area contributed by atoms with Crippen LogP contribution in [-0.4, -0.2) is 45.4 Å². The minimum absolute atomic E-state index is 0.00801. The summed E-state index contributed by atoms with van der Waals surface area (Å²) in [6.45, 7) is 9.20. The molecular formula is C19H25N5O2. The van der Waals surface area contributed by atoms with Gasteiger partial charge in [-0.3, -0.25) is 9.69 Å². The molecule has 7 nitrogen and oxygen atoms in total. The number of carbonyl (C=O) groups excluding carboxylic acids is 1. The lowest BCUT2D eigenvalue weighted by molar-refractivity contribution is 0.0930. The number of hydrogen-bond donors (Lipinski definition) is 1. The minimum Gasteiger partial charge on any atom is -0.468 e. The highest BCUT2D eigenvalue weighted by Gasteiger charge is 2.21. The number of likely N-dealkylation sites (N-methyl/N-ethyl adjacent to an activating group) is 1. The second kappa shape index (κ2) is 8.14. The quantitative estimate of drug-likeness (QED) is 0.672. The molecule has 26 heavy (non-hydrogen) atoms. The van der Waals surface area contributed by atoms with Crippen LogP contribution >= 0.6 is 0 Å². The molecule has 3 aromatic rings. The molecule has 0 aliphatic rings. The van der Waals surface area contributed by atoms with Gasteiger partial charge >= 0.3 is 0 Å². The fraction of sp³-hybridized carbons (Fsp3) is 0.421. The van der Waals surface area contributed by atoms with Crippen molar-refractivity contribution in [2.45, 2.75) is 33.4 Å². The average Bonchev–Trinajstić information content (AvgIpc) is 3.33. The third-order valence-corrected chi connectivity index (χ3v) is 4.66. The SMILES string of the molecule is CCN(CC)[C@H](CNC(=O)c1ccc2c(c1)nnn2CC)c1ccco1. The Morgan fingerprint density at radius 2 is 2.08 bits per heavy atom. The van der Waals surface area contributed by atoms with Gasteiger partial charge in [0, 0.05) is 18.7 Å². The molecule has 7 heteroatoms. The van der Waals surface area contributed by atoms with E-state index in [0.29, 0.717) is 12.1 Å². The first-order valence-corrected chi connectivity index (χ1v) is 9.06. The van der Waals surface area contributed by atoms with Crippen LogP contribution in [0, 0.1) is 0 Å². The first-order valence-electron chi connectivity index (χ1n) is 9.06. The van der Waals surface area contributed by atoms with Gasteiger partial charge in [0.25, 0.3) is 5.91 Å². The predicted octanol–water partition coefficient (Wildman–Crippen LogP) is 2.86. The van der Waals surface area contributed by atoms with E-state index < -0.39 is 0 Å². The van der Waals surface area contributed by atoms with Crippen LogP contribution in [-0.2, 0) is 6.54 Å². The van der Waals surface area contributed by atoms with Gasteiger partial charge in [-0.2, -0.15) is 0 Å². The smallest absolute Gasteiger partial charge is 0.251 e. The van der Waals surface area contributed by atoms with Crippen LogP contribution in [0.1, 0.15) is 42.9 Å². The fourth-order valence-corrected chi connectivity index (χ4v) is 3.19. The van der Waals surface area contributed by atoms with Crippen molar-refractivity contribution in [2.24, 2.45) is 0 Å². The van der Waals surface area contributed by atoms with Crippen LogP contribution in [0.2, 0.25) is 0 Å². The monoisotopic (exact) mass is 355 g/mol. The van der Waals surface area contributed by atoms with Crippen molar-refractivity contribution in [3.05, 3.63) is 47.9 Å². The molecule has 0 saturated carbocycles. The van der Waals surface area contributed by atoms with Gasteiger partial charge in [-0.15, -0.1) is 5.10 Å². The Kier molecular flexibility index (Phi) is 5.68. The fourth-order valence-electron chi connectivity index (χ4n) is 3.19. The number of rotatable bonds is 8. The van der Waals surface area contributed by atoms with E-state index in [1.165, 1.54) is 0 Å². The van der Waals surface area contributed by atoms with E-state index in [1.807, 2.05) is 35.9 Å². The maximum Gasteiger partial charge on any atom is 0.251 e. The predicted molar refractivity (Wildman–Crippen MR) is 99.9 cm³/mol. The maximum absolute atomic E-state index is 12.6.